The molecule has 0 unspecified atom stereocenters. The van der Waals surface area contributed by atoms with Gasteiger partial charge in [0.2, 0.25) is 5.13 Å². The molecule has 4 nitrogen and oxygen atoms in total. The summed E-state index contributed by atoms with van der Waals surface area (Å²) < 4.78 is 0. The van der Waals surface area contributed by atoms with Gasteiger partial charge >= 0.3 is 0 Å². The van der Waals surface area contributed by atoms with Gasteiger partial charge in [0.05, 0.1) is 6.54 Å². The third-order valence-electron chi connectivity index (χ3n) is 2.45. The monoisotopic (exact) mass is 268 g/mol. The second-order valence-corrected chi connectivity index (χ2v) is 5.73. The second-order valence-electron chi connectivity index (χ2n) is 3.63. The Bertz CT molecular complexity index is 438. The Hall–Kier alpha value is -0.980. The highest BCUT2D eigenvalue weighted by atomic mass is 32.1. The van der Waals surface area contributed by atoms with Crippen molar-refractivity contribution in [1.82, 2.24) is 15.1 Å². The van der Waals surface area contributed by atoms with Crippen LogP contribution in [0.2, 0.25) is 0 Å². The third kappa shape index (κ3) is 3.49. The topological polar surface area (TPSA) is 41.1 Å². The summed E-state index contributed by atoms with van der Waals surface area (Å²) >= 11 is 3.42. The fourth-order valence-electron chi connectivity index (χ4n) is 1.51. The van der Waals surface area contributed by atoms with Gasteiger partial charge in [-0.3, -0.25) is 4.90 Å². The van der Waals surface area contributed by atoms with E-state index in [-0.39, 0.29) is 0 Å². The van der Waals surface area contributed by atoms with Crippen molar-refractivity contribution in [1.29, 1.82) is 0 Å². The van der Waals surface area contributed by atoms with Crippen LogP contribution in [0, 0.1) is 0 Å². The molecule has 0 amide bonds. The molecule has 2 heterocycles. The number of hydrogen-bond acceptors (Lipinski definition) is 6. The molecule has 2 aromatic heterocycles. The highest BCUT2D eigenvalue weighted by Crippen LogP contribution is 2.18. The Kier molecular flexibility index (Phi) is 4.47. The smallest absolute Gasteiger partial charge is 0.205 e. The maximum atomic E-state index is 4.17. The fraction of sp³-hybridized carbons (Fsp3) is 0.455. The fourth-order valence-corrected chi connectivity index (χ4v) is 2.99. The van der Waals surface area contributed by atoms with Crippen LogP contribution in [0.5, 0.6) is 0 Å². The second kappa shape index (κ2) is 6.09. The van der Waals surface area contributed by atoms with Crippen LogP contribution in [0.1, 0.15) is 16.8 Å². The molecule has 0 aliphatic carbocycles. The van der Waals surface area contributed by atoms with E-state index in [4.69, 9.17) is 0 Å². The SMILES string of the molecule is CCN(Cc1cccs1)Cc1nnc(NC)s1. The summed E-state index contributed by atoms with van der Waals surface area (Å²) in [4.78, 5) is 3.76. The normalized spacial score (nSPS) is 11.0. The summed E-state index contributed by atoms with van der Waals surface area (Å²) in [5.41, 5.74) is 0. The van der Waals surface area contributed by atoms with E-state index in [9.17, 15) is 0 Å². The van der Waals surface area contributed by atoms with E-state index in [0.717, 1.165) is 29.8 Å². The standard InChI is InChI=1S/C11H16N4S2/c1-3-15(7-9-5-4-6-16-9)8-10-13-14-11(12-2)17-10/h4-6H,3,7-8H2,1-2H3,(H,12,14). The van der Waals surface area contributed by atoms with Crippen molar-refractivity contribution >= 4 is 27.8 Å². The lowest BCUT2D eigenvalue weighted by molar-refractivity contribution is 0.273. The molecule has 0 spiro atoms. The Labute approximate surface area is 109 Å². The van der Waals surface area contributed by atoms with Gasteiger partial charge in [-0.2, -0.15) is 0 Å². The maximum absolute atomic E-state index is 4.17. The van der Waals surface area contributed by atoms with Crippen LogP contribution in [-0.4, -0.2) is 28.7 Å². The summed E-state index contributed by atoms with van der Waals surface area (Å²) in [5, 5.41) is 15.3. The molecule has 17 heavy (non-hydrogen) atoms. The zero-order valence-electron chi connectivity index (χ0n) is 10.0. The lowest BCUT2D eigenvalue weighted by Crippen LogP contribution is -2.21. The van der Waals surface area contributed by atoms with Crippen LogP contribution < -0.4 is 5.32 Å². The van der Waals surface area contributed by atoms with Crippen LogP contribution >= 0.6 is 22.7 Å². The van der Waals surface area contributed by atoms with Gasteiger partial charge in [0.25, 0.3) is 0 Å². The summed E-state index contributed by atoms with van der Waals surface area (Å²) in [7, 11) is 1.87. The van der Waals surface area contributed by atoms with Crippen LogP contribution in [0.15, 0.2) is 17.5 Å². The molecule has 6 heteroatoms. The average Bonchev–Trinajstić information content (AvgIpc) is 2.99. The molecule has 0 atom stereocenters. The molecule has 0 radical (unpaired) electrons. The maximum Gasteiger partial charge on any atom is 0.205 e. The quantitative estimate of drug-likeness (QED) is 0.874. The molecule has 0 bridgehead atoms. The molecule has 0 aliphatic heterocycles. The van der Waals surface area contributed by atoms with Crippen molar-refractivity contribution < 1.29 is 0 Å². The zero-order valence-corrected chi connectivity index (χ0v) is 11.6. The van der Waals surface area contributed by atoms with E-state index < -0.39 is 0 Å². The molecule has 0 aliphatic rings. The lowest BCUT2D eigenvalue weighted by atomic mass is 10.4. The van der Waals surface area contributed by atoms with E-state index in [1.165, 1.54) is 4.88 Å². The Morgan fingerprint density at radius 1 is 1.35 bits per heavy atom. The van der Waals surface area contributed by atoms with Gasteiger partial charge < -0.3 is 5.32 Å². The first-order valence-electron chi connectivity index (χ1n) is 5.56. The Morgan fingerprint density at radius 3 is 2.82 bits per heavy atom. The van der Waals surface area contributed by atoms with Crippen molar-refractivity contribution in [2.24, 2.45) is 0 Å². The van der Waals surface area contributed by atoms with Crippen LogP contribution in [0.3, 0.4) is 0 Å². The molecule has 0 fully saturated rings. The van der Waals surface area contributed by atoms with Gasteiger partial charge in [-0.15, -0.1) is 21.5 Å². The number of nitrogens with one attached hydrogen (secondary N) is 1. The van der Waals surface area contributed by atoms with Gasteiger partial charge in [-0.1, -0.05) is 24.3 Å². The van der Waals surface area contributed by atoms with Crippen molar-refractivity contribution in [3.05, 3.63) is 27.4 Å². The largest absolute Gasteiger partial charge is 0.363 e. The highest BCUT2D eigenvalue weighted by molar-refractivity contribution is 7.15. The van der Waals surface area contributed by atoms with Crippen molar-refractivity contribution in [2.75, 3.05) is 18.9 Å². The number of anilines is 1. The van der Waals surface area contributed by atoms with E-state index >= 15 is 0 Å². The Morgan fingerprint density at radius 2 is 2.24 bits per heavy atom. The third-order valence-corrected chi connectivity index (χ3v) is 4.23. The lowest BCUT2D eigenvalue weighted by Gasteiger charge is -2.17. The molecular weight excluding hydrogens is 252 g/mol. The first-order valence-corrected chi connectivity index (χ1v) is 7.26. The van der Waals surface area contributed by atoms with E-state index in [1.807, 2.05) is 7.05 Å². The van der Waals surface area contributed by atoms with Gasteiger partial charge in [0, 0.05) is 18.5 Å². The Balaban J connectivity index is 1.95. The highest BCUT2D eigenvalue weighted by Gasteiger charge is 2.09. The summed E-state index contributed by atoms with van der Waals surface area (Å²) in [6.07, 6.45) is 0. The molecule has 2 aromatic rings. The van der Waals surface area contributed by atoms with Gasteiger partial charge in [-0.25, -0.2) is 0 Å². The minimum absolute atomic E-state index is 0.869. The predicted molar refractivity (Wildman–Crippen MR) is 73.6 cm³/mol. The number of hydrogen-bond donors (Lipinski definition) is 1. The molecule has 0 aromatic carbocycles. The minimum atomic E-state index is 0.869. The molecule has 1 N–H and O–H groups in total. The number of rotatable bonds is 6. The van der Waals surface area contributed by atoms with E-state index in [2.05, 4.69) is 44.9 Å². The average molecular weight is 268 g/mol. The summed E-state index contributed by atoms with van der Waals surface area (Å²) in [6, 6.07) is 4.27. The molecular formula is C11H16N4S2. The molecule has 92 valence electrons. The predicted octanol–water partition coefficient (Wildman–Crippen LogP) is 2.66. The molecule has 0 saturated carbocycles. The van der Waals surface area contributed by atoms with Gasteiger partial charge in [-0.05, 0) is 18.0 Å². The first-order chi connectivity index (χ1) is 8.31. The number of aromatic nitrogens is 2. The van der Waals surface area contributed by atoms with E-state index in [0.29, 0.717) is 0 Å². The van der Waals surface area contributed by atoms with Crippen LogP contribution in [0.25, 0.3) is 0 Å². The van der Waals surface area contributed by atoms with Crippen LogP contribution in [-0.2, 0) is 13.1 Å². The first kappa shape index (κ1) is 12.5. The number of thiophene rings is 1. The molecule has 2 rings (SSSR count). The van der Waals surface area contributed by atoms with Gasteiger partial charge in [0.15, 0.2) is 0 Å². The van der Waals surface area contributed by atoms with Crippen LogP contribution in [0.4, 0.5) is 5.13 Å². The van der Waals surface area contributed by atoms with Crippen molar-refractivity contribution in [3.63, 3.8) is 0 Å². The summed E-state index contributed by atoms with van der Waals surface area (Å²) in [5.74, 6) is 0. The van der Waals surface area contributed by atoms with Gasteiger partial charge in [0.1, 0.15) is 5.01 Å². The van der Waals surface area contributed by atoms with Crippen molar-refractivity contribution in [3.8, 4) is 0 Å². The minimum Gasteiger partial charge on any atom is -0.363 e. The van der Waals surface area contributed by atoms with Crippen molar-refractivity contribution in [2.45, 2.75) is 20.0 Å². The molecule has 0 saturated heterocycles. The van der Waals surface area contributed by atoms with E-state index in [1.54, 1.807) is 22.7 Å². The zero-order chi connectivity index (χ0) is 12.1. The summed E-state index contributed by atoms with van der Waals surface area (Å²) in [6.45, 7) is 5.05. The number of nitrogens with zero attached hydrogens (tertiary/aromatic N) is 3.